The summed E-state index contributed by atoms with van der Waals surface area (Å²) in [6.07, 6.45) is 2.02. The molecule has 1 aliphatic carbocycles. The van der Waals surface area contributed by atoms with Gasteiger partial charge in [0.25, 0.3) is 17.5 Å². The Morgan fingerprint density at radius 1 is 1.00 bits per heavy atom. The highest BCUT2D eigenvalue weighted by Gasteiger charge is 2.24. The van der Waals surface area contributed by atoms with Gasteiger partial charge in [0.05, 0.1) is 4.92 Å². The highest BCUT2D eigenvalue weighted by molar-refractivity contribution is 6.07. The summed E-state index contributed by atoms with van der Waals surface area (Å²) >= 11 is 0. The summed E-state index contributed by atoms with van der Waals surface area (Å²) < 4.78 is 0. The van der Waals surface area contributed by atoms with Gasteiger partial charge in [-0.25, -0.2) is 0 Å². The number of amides is 2. The van der Waals surface area contributed by atoms with E-state index in [-0.39, 0.29) is 23.2 Å². The molecule has 2 aromatic carbocycles. The van der Waals surface area contributed by atoms with E-state index in [1.54, 1.807) is 30.3 Å². The molecule has 2 N–H and O–H groups in total. The summed E-state index contributed by atoms with van der Waals surface area (Å²) in [7, 11) is 0. The number of carbonyl (C=O) groups is 2. The summed E-state index contributed by atoms with van der Waals surface area (Å²) in [5.41, 5.74) is 0.695. The molecular formula is C17H15N3O4. The lowest BCUT2D eigenvalue weighted by atomic mass is 10.1. The van der Waals surface area contributed by atoms with Crippen LogP contribution < -0.4 is 10.6 Å². The number of hydrogen-bond donors (Lipinski definition) is 2. The first-order chi connectivity index (χ1) is 11.5. The van der Waals surface area contributed by atoms with Gasteiger partial charge in [0.2, 0.25) is 0 Å². The van der Waals surface area contributed by atoms with Crippen LogP contribution in [0.2, 0.25) is 0 Å². The van der Waals surface area contributed by atoms with Gasteiger partial charge < -0.3 is 10.6 Å². The molecular weight excluding hydrogens is 310 g/mol. The Hall–Kier alpha value is -3.22. The molecule has 3 rings (SSSR count). The zero-order valence-corrected chi connectivity index (χ0v) is 12.7. The van der Waals surface area contributed by atoms with Crippen LogP contribution in [0.4, 0.5) is 11.4 Å². The molecule has 0 aromatic heterocycles. The second kappa shape index (κ2) is 6.49. The number of nitrogens with zero attached hydrogens (tertiary/aromatic N) is 1. The van der Waals surface area contributed by atoms with Crippen molar-refractivity contribution >= 4 is 23.2 Å². The molecule has 1 fully saturated rings. The summed E-state index contributed by atoms with van der Waals surface area (Å²) in [5.74, 6) is -0.716. The first kappa shape index (κ1) is 15.7. The number of anilines is 1. The third-order valence-corrected chi connectivity index (χ3v) is 3.66. The molecule has 1 saturated carbocycles. The SMILES string of the molecule is O=C(NC1CC1)c1ccc(NC(=O)c2ccccc2[N+](=O)[O-])cc1. The van der Waals surface area contributed by atoms with Crippen molar-refractivity contribution in [3.05, 3.63) is 69.8 Å². The minimum absolute atomic E-state index is 0.0157. The van der Waals surface area contributed by atoms with Crippen molar-refractivity contribution in [3.8, 4) is 0 Å². The average Bonchev–Trinajstić information content (AvgIpc) is 3.39. The van der Waals surface area contributed by atoms with Crippen molar-refractivity contribution in [2.45, 2.75) is 18.9 Å². The number of nitro groups is 1. The van der Waals surface area contributed by atoms with Gasteiger partial charge >= 0.3 is 0 Å². The first-order valence-electron chi connectivity index (χ1n) is 7.50. The van der Waals surface area contributed by atoms with E-state index in [2.05, 4.69) is 10.6 Å². The van der Waals surface area contributed by atoms with Crippen LogP contribution >= 0.6 is 0 Å². The fourth-order valence-corrected chi connectivity index (χ4v) is 2.22. The monoisotopic (exact) mass is 325 g/mol. The molecule has 0 bridgehead atoms. The van der Waals surface area contributed by atoms with Crippen molar-refractivity contribution in [2.24, 2.45) is 0 Å². The Labute approximate surface area is 137 Å². The van der Waals surface area contributed by atoms with Crippen LogP contribution in [0.3, 0.4) is 0 Å². The lowest BCUT2D eigenvalue weighted by Gasteiger charge is -2.07. The molecule has 7 heteroatoms. The summed E-state index contributed by atoms with van der Waals surface area (Å²) in [6.45, 7) is 0. The largest absolute Gasteiger partial charge is 0.349 e. The van der Waals surface area contributed by atoms with Crippen LogP contribution in [0.1, 0.15) is 33.6 Å². The summed E-state index contributed by atoms with van der Waals surface area (Å²) in [5, 5.41) is 16.4. The number of rotatable bonds is 5. The zero-order valence-electron chi connectivity index (χ0n) is 12.7. The van der Waals surface area contributed by atoms with Gasteiger partial charge in [0.15, 0.2) is 0 Å². The number of hydrogen-bond acceptors (Lipinski definition) is 4. The third kappa shape index (κ3) is 3.57. The molecule has 2 aromatic rings. The fourth-order valence-electron chi connectivity index (χ4n) is 2.22. The van der Waals surface area contributed by atoms with E-state index in [0.717, 1.165) is 12.8 Å². The smallest absolute Gasteiger partial charge is 0.282 e. The van der Waals surface area contributed by atoms with Crippen molar-refractivity contribution in [3.63, 3.8) is 0 Å². The lowest BCUT2D eigenvalue weighted by Crippen LogP contribution is -2.25. The Morgan fingerprint density at radius 2 is 1.67 bits per heavy atom. The molecule has 0 aliphatic heterocycles. The van der Waals surface area contributed by atoms with Gasteiger partial charge in [-0.3, -0.25) is 19.7 Å². The van der Waals surface area contributed by atoms with Gasteiger partial charge in [-0.2, -0.15) is 0 Å². The van der Waals surface area contributed by atoms with E-state index in [1.807, 2.05) is 0 Å². The molecule has 7 nitrogen and oxygen atoms in total. The van der Waals surface area contributed by atoms with E-state index >= 15 is 0 Å². The molecule has 1 aliphatic rings. The maximum absolute atomic E-state index is 12.2. The molecule has 0 spiro atoms. The fraction of sp³-hybridized carbons (Fsp3) is 0.176. The molecule has 24 heavy (non-hydrogen) atoms. The lowest BCUT2D eigenvalue weighted by molar-refractivity contribution is -0.385. The van der Waals surface area contributed by atoms with E-state index in [4.69, 9.17) is 0 Å². The first-order valence-corrected chi connectivity index (χ1v) is 7.50. The van der Waals surface area contributed by atoms with Crippen molar-refractivity contribution < 1.29 is 14.5 Å². The second-order valence-electron chi connectivity index (χ2n) is 5.55. The molecule has 2 amide bonds. The Kier molecular flexibility index (Phi) is 4.24. The molecule has 0 atom stereocenters. The topological polar surface area (TPSA) is 101 Å². The standard InChI is InChI=1S/C17H15N3O4/c21-16(18-13-9-10-13)11-5-7-12(8-6-11)19-17(22)14-3-1-2-4-15(14)20(23)24/h1-8,13H,9-10H2,(H,18,21)(H,19,22). The Morgan fingerprint density at radius 3 is 2.29 bits per heavy atom. The highest BCUT2D eigenvalue weighted by Crippen LogP contribution is 2.21. The van der Waals surface area contributed by atoms with Crippen LogP contribution in [0, 0.1) is 10.1 Å². The van der Waals surface area contributed by atoms with Gasteiger partial charge in [-0.15, -0.1) is 0 Å². The third-order valence-electron chi connectivity index (χ3n) is 3.66. The maximum Gasteiger partial charge on any atom is 0.282 e. The van der Waals surface area contributed by atoms with Crippen LogP contribution in [0.5, 0.6) is 0 Å². The van der Waals surface area contributed by atoms with E-state index in [1.165, 1.54) is 18.2 Å². The van der Waals surface area contributed by atoms with Crippen molar-refractivity contribution in [1.82, 2.24) is 5.32 Å². The van der Waals surface area contributed by atoms with Gasteiger partial charge in [0.1, 0.15) is 5.56 Å². The van der Waals surface area contributed by atoms with Gasteiger partial charge in [-0.1, -0.05) is 12.1 Å². The molecule has 0 unspecified atom stereocenters. The second-order valence-corrected chi connectivity index (χ2v) is 5.55. The Bertz CT molecular complexity index is 798. The van der Waals surface area contributed by atoms with Gasteiger partial charge in [-0.05, 0) is 43.2 Å². The highest BCUT2D eigenvalue weighted by atomic mass is 16.6. The quantitative estimate of drug-likeness (QED) is 0.652. The maximum atomic E-state index is 12.2. The predicted molar refractivity (Wildman–Crippen MR) is 88.0 cm³/mol. The van der Waals surface area contributed by atoms with E-state index in [0.29, 0.717) is 11.3 Å². The predicted octanol–water partition coefficient (Wildman–Crippen LogP) is 2.74. The minimum atomic E-state index is -0.597. The summed E-state index contributed by atoms with van der Waals surface area (Å²) in [6, 6.07) is 12.4. The van der Waals surface area contributed by atoms with Gasteiger partial charge in [0, 0.05) is 23.4 Å². The van der Waals surface area contributed by atoms with E-state index < -0.39 is 10.8 Å². The molecule has 0 radical (unpaired) electrons. The number of para-hydroxylation sites is 1. The van der Waals surface area contributed by atoms with Crippen molar-refractivity contribution in [2.75, 3.05) is 5.32 Å². The normalized spacial score (nSPS) is 13.2. The average molecular weight is 325 g/mol. The van der Waals surface area contributed by atoms with Crippen LogP contribution in [0.15, 0.2) is 48.5 Å². The molecule has 0 heterocycles. The van der Waals surface area contributed by atoms with Crippen LogP contribution in [-0.4, -0.2) is 22.8 Å². The number of nitrogens with one attached hydrogen (secondary N) is 2. The number of nitro benzene ring substituents is 1. The van der Waals surface area contributed by atoms with Crippen LogP contribution in [0.25, 0.3) is 0 Å². The molecule has 122 valence electrons. The number of benzene rings is 2. The van der Waals surface area contributed by atoms with Crippen LogP contribution in [-0.2, 0) is 0 Å². The minimum Gasteiger partial charge on any atom is -0.349 e. The van der Waals surface area contributed by atoms with E-state index in [9.17, 15) is 19.7 Å². The Balaban J connectivity index is 1.70. The zero-order chi connectivity index (χ0) is 17.1. The molecule has 0 saturated heterocycles. The summed E-state index contributed by atoms with van der Waals surface area (Å²) in [4.78, 5) is 34.5. The van der Waals surface area contributed by atoms with Crippen molar-refractivity contribution in [1.29, 1.82) is 0 Å². The number of carbonyl (C=O) groups excluding carboxylic acids is 2.